The standard InChI is InChI=1S/C11H14OS/c1-2-6-11(13)12-9-10-7-4-3-5-8-10/h3-5,7-8H,2,6,9H2,1H3. The molecule has 1 aromatic carbocycles. The summed E-state index contributed by atoms with van der Waals surface area (Å²) < 4.78 is 5.40. The van der Waals surface area contributed by atoms with Crippen LogP contribution in [0, 0.1) is 0 Å². The predicted molar refractivity (Wildman–Crippen MR) is 58.7 cm³/mol. The zero-order valence-corrected chi connectivity index (χ0v) is 8.64. The van der Waals surface area contributed by atoms with E-state index in [1.165, 1.54) is 5.56 Å². The molecule has 0 fully saturated rings. The van der Waals surface area contributed by atoms with E-state index in [0.717, 1.165) is 12.8 Å². The Labute approximate surface area is 84.7 Å². The second kappa shape index (κ2) is 5.70. The van der Waals surface area contributed by atoms with E-state index in [0.29, 0.717) is 11.7 Å². The summed E-state index contributed by atoms with van der Waals surface area (Å²) in [5, 5.41) is 0.714. The molecule has 0 aliphatic rings. The molecule has 0 spiro atoms. The van der Waals surface area contributed by atoms with Crippen LogP contribution in [0.1, 0.15) is 25.3 Å². The van der Waals surface area contributed by atoms with Crippen LogP contribution < -0.4 is 0 Å². The summed E-state index contributed by atoms with van der Waals surface area (Å²) in [6.07, 6.45) is 1.93. The van der Waals surface area contributed by atoms with E-state index in [9.17, 15) is 0 Å². The van der Waals surface area contributed by atoms with Gasteiger partial charge in [0.25, 0.3) is 0 Å². The van der Waals surface area contributed by atoms with Gasteiger partial charge in [-0.2, -0.15) is 0 Å². The molecule has 0 amide bonds. The van der Waals surface area contributed by atoms with E-state index in [1.807, 2.05) is 30.3 Å². The summed E-state index contributed by atoms with van der Waals surface area (Å²) in [6, 6.07) is 10.1. The molecule has 0 bridgehead atoms. The fourth-order valence-corrected chi connectivity index (χ4v) is 1.28. The smallest absolute Gasteiger partial charge is 0.160 e. The summed E-state index contributed by atoms with van der Waals surface area (Å²) in [5.74, 6) is 0. The Balaban J connectivity index is 2.31. The van der Waals surface area contributed by atoms with Crippen LogP contribution in [0.5, 0.6) is 0 Å². The summed E-state index contributed by atoms with van der Waals surface area (Å²) in [6.45, 7) is 2.69. The third-order valence-corrected chi connectivity index (χ3v) is 2.02. The lowest BCUT2D eigenvalue weighted by Gasteiger charge is -2.05. The highest BCUT2D eigenvalue weighted by atomic mass is 32.1. The van der Waals surface area contributed by atoms with Gasteiger partial charge in [-0.15, -0.1) is 0 Å². The second-order valence-corrected chi connectivity index (χ2v) is 3.35. The maximum Gasteiger partial charge on any atom is 0.160 e. The lowest BCUT2D eigenvalue weighted by Crippen LogP contribution is -2.00. The molecule has 0 unspecified atom stereocenters. The van der Waals surface area contributed by atoms with Crippen molar-refractivity contribution in [2.75, 3.05) is 0 Å². The van der Waals surface area contributed by atoms with Crippen molar-refractivity contribution in [3.8, 4) is 0 Å². The minimum Gasteiger partial charge on any atom is -0.482 e. The van der Waals surface area contributed by atoms with E-state index in [4.69, 9.17) is 17.0 Å². The first-order chi connectivity index (χ1) is 6.33. The average Bonchev–Trinajstić information content (AvgIpc) is 2.17. The van der Waals surface area contributed by atoms with Crippen molar-refractivity contribution in [2.24, 2.45) is 0 Å². The third kappa shape index (κ3) is 4.04. The molecule has 0 aliphatic heterocycles. The maximum absolute atomic E-state index is 5.40. The van der Waals surface area contributed by atoms with Crippen molar-refractivity contribution in [3.05, 3.63) is 35.9 Å². The molecule has 1 rings (SSSR count). The van der Waals surface area contributed by atoms with Gasteiger partial charge in [-0.1, -0.05) is 37.3 Å². The Bertz CT molecular complexity index is 256. The molecule has 13 heavy (non-hydrogen) atoms. The number of rotatable bonds is 4. The van der Waals surface area contributed by atoms with Gasteiger partial charge in [0.1, 0.15) is 6.61 Å². The zero-order chi connectivity index (χ0) is 9.52. The monoisotopic (exact) mass is 194 g/mol. The van der Waals surface area contributed by atoms with E-state index in [1.54, 1.807) is 0 Å². The Morgan fingerprint density at radius 1 is 1.31 bits per heavy atom. The Kier molecular flexibility index (Phi) is 4.47. The largest absolute Gasteiger partial charge is 0.482 e. The summed E-state index contributed by atoms with van der Waals surface area (Å²) in [4.78, 5) is 0. The molecule has 1 aromatic rings. The molecule has 0 atom stereocenters. The molecule has 0 radical (unpaired) electrons. The molecule has 0 saturated carbocycles. The van der Waals surface area contributed by atoms with Gasteiger partial charge in [-0.25, -0.2) is 0 Å². The van der Waals surface area contributed by atoms with Gasteiger partial charge in [0.05, 0.1) is 0 Å². The number of benzene rings is 1. The Morgan fingerprint density at radius 3 is 2.62 bits per heavy atom. The van der Waals surface area contributed by atoms with Crippen LogP contribution in [0.25, 0.3) is 0 Å². The van der Waals surface area contributed by atoms with E-state index < -0.39 is 0 Å². The number of hydrogen-bond acceptors (Lipinski definition) is 2. The fraction of sp³-hybridized carbons (Fsp3) is 0.364. The summed E-state index contributed by atoms with van der Waals surface area (Å²) in [7, 11) is 0. The lowest BCUT2D eigenvalue weighted by molar-refractivity contribution is 0.292. The van der Waals surface area contributed by atoms with Crippen LogP contribution in [-0.2, 0) is 11.3 Å². The minimum absolute atomic E-state index is 0.597. The molecule has 0 saturated heterocycles. The zero-order valence-electron chi connectivity index (χ0n) is 7.82. The molecule has 0 aromatic heterocycles. The van der Waals surface area contributed by atoms with Crippen molar-refractivity contribution in [1.82, 2.24) is 0 Å². The highest BCUT2D eigenvalue weighted by Crippen LogP contribution is 2.03. The van der Waals surface area contributed by atoms with Crippen LogP contribution in [0.3, 0.4) is 0 Å². The SMILES string of the molecule is CCCC(=S)OCc1ccccc1. The first kappa shape index (κ1) is 10.2. The van der Waals surface area contributed by atoms with Crippen molar-refractivity contribution in [2.45, 2.75) is 26.4 Å². The molecule has 1 nitrogen and oxygen atoms in total. The van der Waals surface area contributed by atoms with Crippen molar-refractivity contribution >= 4 is 17.3 Å². The predicted octanol–water partition coefficient (Wildman–Crippen LogP) is 3.33. The third-order valence-electron chi connectivity index (χ3n) is 1.70. The first-order valence-corrected chi connectivity index (χ1v) is 4.93. The van der Waals surface area contributed by atoms with Crippen LogP contribution in [-0.4, -0.2) is 5.05 Å². The lowest BCUT2D eigenvalue weighted by atomic mass is 10.2. The van der Waals surface area contributed by atoms with Crippen LogP contribution in [0.4, 0.5) is 0 Å². The van der Waals surface area contributed by atoms with Gasteiger partial charge in [-0.3, -0.25) is 0 Å². The number of hydrogen-bond donors (Lipinski definition) is 0. The Hall–Kier alpha value is -0.890. The summed E-state index contributed by atoms with van der Waals surface area (Å²) in [5.41, 5.74) is 1.17. The number of ether oxygens (including phenoxy) is 1. The van der Waals surface area contributed by atoms with E-state index in [-0.39, 0.29) is 0 Å². The highest BCUT2D eigenvalue weighted by Gasteiger charge is 1.96. The molecule has 0 aliphatic carbocycles. The Morgan fingerprint density at radius 2 is 2.00 bits per heavy atom. The maximum atomic E-state index is 5.40. The molecular formula is C11H14OS. The molecule has 70 valence electrons. The molecular weight excluding hydrogens is 180 g/mol. The van der Waals surface area contributed by atoms with Gasteiger partial charge in [0, 0.05) is 6.42 Å². The van der Waals surface area contributed by atoms with Gasteiger partial charge >= 0.3 is 0 Å². The topological polar surface area (TPSA) is 9.23 Å². The van der Waals surface area contributed by atoms with Crippen molar-refractivity contribution < 1.29 is 4.74 Å². The molecule has 2 heteroatoms. The van der Waals surface area contributed by atoms with Crippen LogP contribution in [0.15, 0.2) is 30.3 Å². The second-order valence-electron chi connectivity index (χ2n) is 2.90. The minimum atomic E-state index is 0.597. The van der Waals surface area contributed by atoms with Gasteiger partial charge < -0.3 is 4.74 Å². The van der Waals surface area contributed by atoms with Gasteiger partial charge in [0.15, 0.2) is 5.05 Å². The fourth-order valence-electron chi connectivity index (χ4n) is 1.01. The van der Waals surface area contributed by atoms with Crippen LogP contribution >= 0.6 is 12.2 Å². The quantitative estimate of drug-likeness (QED) is 0.680. The molecule has 0 heterocycles. The van der Waals surface area contributed by atoms with E-state index >= 15 is 0 Å². The van der Waals surface area contributed by atoms with Crippen molar-refractivity contribution in [1.29, 1.82) is 0 Å². The van der Waals surface area contributed by atoms with Crippen LogP contribution in [0.2, 0.25) is 0 Å². The molecule has 0 N–H and O–H groups in total. The average molecular weight is 194 g/mol. The first-order valence-electron chi connectivity index (χ1n) is 4.52. The number of thiocarbonyl (C=S) groups is 1. The van der Waals surface area contributed by atoms with Crippen molar-refractivity contribution in [3.63, 3.8) is 0 Å². The summed E-state index contributed by atoms with van der Waals surface area (Å²) >= 11 is 5.03. The highest BCUT2D eigenvalue weighted by molar-refractivity contribution is 7.80. The van der Waals surface area contributed by atoms with Gasteiger partial charge in [-0.05, 0) is 24.2 Å². The van der Waals surface area contributed by atoms with Gasteiger partial charge in [0.2, 0.25) is 0 Å². The van der Waals surface area contributed by atoms with E-state index in [2.05, 4.69) is 6.92 Å². The normalized spacial score (nSPS) is 9.62.